The number of pyridine rings is 1. The van der Waals surface area contributed by atoms with E-state index in [2.05, 4.69) is 40.8 Å². The van der Waals surface area contributed by atoms with Crippen LogP contribution in [0.15, 0.2) is 12.1 Å². The monoisotopic (exact) mass is 247 g/mol. The van der Waals surface area contributed by atoms with E-state index in [0.29, 0.717) is 11.3 Å². The predicted octanol–water partition coefficient (Wildman–Crippen LogP) is 2.41. The van der Waals surface area contributed by atoms with Gasteiger partial charge in [-0.15, -0.1) is 5.54 Å². The fraction of sp³-hybridized carbons (Fsp3) is 0.385. The molecule has 0 aliphatic heterocycles. The van der Waals surface area contributed by atoms with Gasteiger partial charge in [-0.25, -0.2) is 9.78 Å². The van der Waals surface area contributed by atoms with Crippen molar-refractivity contribution in [1.82, 2.24) is 4.98 Å². The summed E-state index contributed by atoms with van der Waals surface area (Å²) in [5.74, 6) is 2.68. The highest BCUT2D eigenvalue weighted by molar-refractivity contribution is 6.83. The minimum Gasteiger partial charge on any atom is -0.465 e. The van der Waals surface area contributed by atoms with Gasteiger partial charge in [0.05, 0.1) is 12.7 Å². The van der Waals surface area contributed by atoms with Gasteiger partial charge in [0.2, 0.25) is 0 Å². The average molecular weight is 247 g/mol. The van der Waals surface area contributed by atoms with Crippen LogP contribution in [0.2, 0.25) is 19.6 Å². The standard InChI is InChI=1S/C13H17NO2Si/c1-10-8-11(13(15)16-2)9-12(14-10)6-7-17(3,4)5/h8-9H,1-5H3. The van der Waals surface area contributed by atoms with Crippen LogP contribution in [-0.4, -0.2) is 26.1 Å². The van der Waals surface area contributed by atoms with Gasteiger partial charge < -0.3 is 4.74 Å². The Morgan fingerprint density at radius 3 is 2.53 bits per heavy atom. The van der Waals surface area contributed by atoms with Crippen molar-refractivity contribution in [2.45, 2.75) is 26.6 Å². The van der Waals surface area contributed by atoms with Crippen molar-refractivity contribution < 1.29 is 9.53 Å². The van der Waals surface area contributed by atoms with Crippen LogP contribution in [0.3, 0.4) is 0 Å². The van der Waals surface area contributed by atoms with Gasteiger partial charge in [0.25, 0.3) is 0 Å². The highest BCUT2D eigenvalue weighted by Gasteiger charge is 2.09. The number of esters is 1. The van der Waals surface area contributed by atoms with E-state index in [0.717, 1.165) is 5.69 Å². The zero-order valence-corrected chi connectivity index (χ0v) is 11.9. The molecule has 0 atom stereocenters. The third kappa shape index (κ3) is 4.41. The lowest BCUT2D eigenvalue weighted by atomic mass is 10.2. The van der Waals surface area contributed by atoms with Gasteiger partial charge in [-0.05, 0) is 19.1 Å². The first-order valence-electron chi connectivity index (χ1n) is 5.42. The van der Waals surface area contributed by atoms with Crippen molar-refractivity contribution >= 4 is 14.0 Å². The fourth-order valence-electron chi connectivity index (χ4n) is 1.22. The smallest absolute Gasteiger partial charge is 0.338 e. The topological polar surface area (TPSA) is 39.2 Å². The summed E-state index contributed by atoms with van der Waals surface area (Å²) >= 11 is 0. The zero-order chi connectivity index (χ0) is 13.1. The second-order valence-electron chi connectivity index (χ2n) is 4.87. The molecule has 0 aromatic carbocycles. The van der Waals surface area contributed by atoms with Gasteiger partial charge >= 0.3 is 5.97 Å². The molecular weight excluding hydrogens is 230 g/mol. The molecule has 17 heavy (non-hydrogen) atoms. The quantitative estimate of drug-likeness (QED) is 0.434. The maximum Gasteiger partial charge on any atom is 0.338 e. The molecule has 0 saturated heterocycles. The van der Waals surface area contributed by atoms with Crippen LogP contribution in [0.25, 0.3) is 0 Å². The van der Waals surface area contributed by atoms with E-state index >= 15 is 0 Å². The molecule has 0 unspecified atom stereocenters. The summed E-state index contributed by atoms with van der Waals surface area (Å²) in [7, 11) is -0.0610. The molecule has 1 rings (SSSR count). The third-order valence-corrected chi connectivity index (χ3v) is 2.82. The van der Waals surface area contributed by atoms with E-state index in [-0.39, 0.29) is 5.97 Å². The Bertz CT molecular complexity index is 492. The Balaban J connectivity index is 3.13. The fourth-order valence-corrected chi connectivity index (χ4v) is 1.72. The summed E-state index contributed by atoms with van der Waals surface area (Å²) in [6, 6.07) is 3.37. The number of hydrogen-bond acceptors (Lipinski definition) is 3. The Labute approximate surface area is 103 Å². The largest absolute Gasteiger partial charge is 0.465 e. The minimum absolute atomic E-state index is 0.355. The summed E-state index contributed by atoms with van der Waals surface area (Å²) in [5.41, 5.74) is 5.13. The van der Waals surface area contributed by atoms with Crippen LogP contribution in [0.5, 0.6) is 0 Å². The molecule has 0 spiro atoms. The van der Waals surface area contributed by atoms with Crippen molar-refractivity contribution in [3.8, 4) is 11.5 Å². The van der Waals surface area contributed by atoms with Crippen LogP contribution in [0.1, 0.15) is 21.7 Å². The van der Waals surface area contributed by atoms with Gasteiger partial charge in [-0.3, -0.25) is 0 Å². The van der Waals surface area contributed by atoms with E-state index in [1.54, 1.807) is 12.1 Å². The minimum atomic E-state index is -1.43. The summed E-state index contributed by atoms with van der Waals surface area (Å²) in [6.07, 6.45) is 0. The summed E-state index contributed by atoms with van der Waals surface area (Å²) in [4.78, 5) is 15.7. The molecule has 0 bridgehead atoms. The number of ether oxygens (including phenoxy) is 1. The molecular formula is C13H17NO2Si. The van der Waals surface area contributed by atoms with Crippen LogP contribution in [0, 0.1) is 18.4 Å². The molecule has 0 N–H and O–H groups in total. The van der Waals surface area contributed by atoms with E-state index in [1.165, 1.54) is 7.11 Å². The number of aromatic nitrogens is 1. The van der Waals surface area contributed by atoms with Crippen LogP contribution in [-0.2, 0) is 4.74 Å². The van der Waals surface area contributed by atoms with Crippen molar-refractivity contribution in [3.63, 3.8) is 0 Å². The maximum absolute atomic E-state index is 11.4. The Kier molecular flexibility index (Phi) is 4.08. The van der Waals surface area contributed by atoms with E-state index < -0.39 is 8.07 Å². The molecule has 0 aliphatic rings. The molecule has 1 heterocycles. The maximum atomic E-state index is 11.4. The first kappa shape index (κ1) is 13.5. The number of nitrogens with zero attached hydrogens (tertiary/aromatic N) is 1. The Hall–Kier alpha value is -1.60. The van der Waals surface area contributed by atoms with Crippen LogP contribution >= 0.6 is 0 Å². The molecule has 4 heteroatoms. The number of aryl methyl sites for hydroxylation is 1. The highest BCUT2D eigenvalue weighted by Crippen LogP contribution is 2.07. The summed E-state index contributed by atoms with van der Waals surface area (Å²) < 4.78 is 4.69. The average Bonchev–Trinajstić information content (AvgIpc) is 2.23. The second-order valence-corrected chi connectivity index (χ2v) is 9.62. The molecule has 90 valence electrons. The van der Waals surface area contributed by atoms with E-state index in [1.807, 2.05) is 6.92 Å². The second kappa shape index (κ2) is 5.15. The Morgan fingerprint density at radius 1 is 1.35 bits per heavy atom. The molecule has 0 aliphatic carbocycles. The lowest BCUT2D eigenvalue weighted by Crippen LogP contribution is -2.16. The first-order valence-corrected chi connectivity index (χ1v) is 8.92. The molecule has 1 aromatic heterocycles. The molecule has 0 amide bonds. The van der Waals surface area contributed by atoms with Crippen molar-refractivity contribution in [2.75, 3.05) is 7.11 Å². The Morgan fingerprint density at radius 2 is 2.00 bits per heavy atom. The van der Waals surface area contributed by atoms with Crippen LogP contribution in [0.4, 0.5) is 0 Å². The number of rotatable bonds is 1. The normalized spacial score (nSPS) is 10.4. The summed E-state index contributed by atoms with van der Waals surface area (Å²) in [5, 5.41) is 0. The number of carbonyl (C=O) groups is 1. The van der Waals surface area contributed by atoms with Gasteiger partial charge in [0.15, 0.2) is 0 Å². The third-order valence-electron chi connectivity index (χ3n) is 1.94. The number of carbonyl (C=O) groups excluding carboxylic acids is 1. The molecule has 0 saturated carbocycles. The molecule has 0 radical (unpaired) electrons. The van der Waals surface area contributed by atoms with Crippen molar-refractivity contribution in [2.24, 2.45) is 0 Å². The molecule has 1 aromatic rings. The number of hydrogen-bond donors (Lipinski definition) is 0. The van der Waals surface area contributed by atoms with E-state index in [9.17, 15) is 4.79 Å². The van der Waals surface area contributed by atoms with Crippen LogP contribution < -0.4 is 0 Å². The van der Waals surface area contributed by atoms with Gasteiger partial charge in [-0.2, -0.15) is 0 Å². The highest BCUT2D eigenvalue weighted by atomic mass is 28.3. The van der Waals surface area contributed by atoms with E-state index in [4.69, 9.17) is 0 Å². The SMILES string of the molecule is COC(=O)c1cc(C)nc(C#C[Si](C)(C)C)c1. The van der Waals surface area contributed by atoms with Gasteiger partial charge in [0.1, 0.15) is 13.8 Å². The zero-order valence-electron chi connectivity index (χ0n) is 10.9. The lowest BCUT2D eigenvalue weighted by Gasteiger charge is -2.04. The lowest BCUT2D eigenvalue weighted by molar-refractivity contribution is 0.0600. The van der Waals surface area contributed by atoms with Crippen molar-refractivity contribution in [3.05, 3.63) is 29.1 Å². The molecule has 0 fully saturated rings. The van der Waals surface area contributed by atoms with Gasteiger partial charge in [0, 0.05) is 5.69 Å². The van der Waals surface area contributed by atoms with Gasteiger partial charge in [-0.1, -0.05) is 25.6 Å². The predicted molar refractivity (Wildman–Crippen MR) is 70.5 cm³/mol. The number of methoxy groups -OCH3 is 1. The van der Waals surface area contributed by atoms with Crippen molar-refractivity contribution in [1.29, 1.82) is 0 Å². The summed E-state index contributed by atoms with van der Waals surface area (Å²) in [6.45, 7) is 8.33. The molecule has 3 nitrogen and oxygen atoms in total. The first-order chi connectivity index (χ1) is 7.81.